The molecule has 17 heavy (non-hydrogen) atoms. The van der Waals surface area contributed by atoms with Gasteiger partial charge in [-0.3, -0.25) is 0 Å². The van der Waals surface area contributed by atoms with Crippen molar-refractivity contribution in [2.45, 2.75) is 31.7 Å². The van der Waals surface area contributed by atoms with Crippen LogP contribution in [-0.4, -0.2) is 12.6 Å². The number of benzene rings is 1. The number of rotatable bonds is 3. The van der Waals surface area contributed by atoms with Crippen LogP contribution in [0.2, 0.25) is 0 Å². The van der Waals surface area contributed by atoms with Crippen LogP contribution in [0.1, 0.15) is 25.7 Å². The van der Waals surface area contributed by atoms with Crippen LogP contribution in [0.15, 0.2) is 18.2 Å². The predicted octanol–water partition coefficient (Wildman–Crippen LogP) is 2.89. The molecule has 0 amide bonds. The standard InChI is InChI=1S/C13H18F2N2/c14-10-5-6-13(11(15)7-10)17-12-4-2-1-3-9(12)8-16/h5-7,9,12,17H,1-4,8,16H2. The highest BCUT2D eigenvalue weighted by atomic mass is 19.1. The van der Waals surface area contributed by atoms with E-state index >= 15 is 0 Å². The molecule has 1 aromatic carbocycles. The molecule has 1 aliphatic carbocycles. The lowest BCUT2D eigenvalue weighted by Crippen LogP contribution is -2.36. The molecule has 0 radical (unpaired) electrons. The highest BCUT2D eigenvalue weighted by Gasteiger charge is 2.24. The Hall–Kier alpha value is -1.16. The van der Waals surface area contributed by atoms with Gasteiger partial charge in [-0.05, 0) is 37.4 Å². The maximum atomic E-state index is 13.5. The number of hydrogen-bond acceptors (Lipinski definition) is 2. The molecule has 1 saturated carbocycles. The zero-order chi connectivity index (χ0) is 12.3. The molecule has 4 heteroatoms. The van der Waals surface area contributed by atoms with Gasteiger partial charge in [-0.1, -0.05) is 12.8 Å². The molecule has 2 rings (SSSR count). The molecule has 0 aromatic heterocycles. The van der Waals surface area contributed by atoms with Crippen molar-refractivity contribution in [1.29, 1.82) is 0 Å². The molecule has 1 aliphatic rings. The van der Waals surface area contributed by atoms with Gasteiger partial charge < -0.3 is 11.1 Å². The van der Waals surface area contributed by atoms with Gasteiger partial charge in [-0.15, -0.1) is 0 Å². The van der Waals surface area contributed by atoms with Crippen molar-refractivity contribution in [2.75, 3.05) is 11.9 Å². The zero-order valence-electron chi connectivity index (χ0n) is 9.76. The Balaban J connectivity index is 2.08. The highest BCUT2D eigenvalue weighted by molar-refractivity contribution is 5.45. The molecule has 94 valence electrons. The summed E-state index contributed by atoms with van der Waals surface area (Å²) < 4.78 is 26.3. The van der Waals surface area contributed by atoms with E-state index in [1.165, 1.54) is 18.6 Å². The lowest BCUT2D eigenvalue weighted by Gasteiger charge is -2.32. The van der Waals surface area contributed by atoms with Crippen LogP contribution in [-0.2, 0) is 0 Å². The molecule has 1 aromatic rings. The molecule has 3 N–H and O–H groups in total. The molecule has 0 aliphatic heterocycles. The van der Waals surface area contributed by atoms with Crippen LogP contribution < -0.4 is 11.1 Å². The van der Waals surface area contributed by atoms with E-state index in [-0.39, 0.29) is 6.04 Å². The van der Waals surface area contributed by atoms with Crippen molar-refractivity contribution < 1.29 is 8.78 Å². The molecule has 0 bridgehead atoms. The van der Waals surface area contributed by atoms with Gasteiger partial charge in [0.05, 0.1) is 5.69 Å². The second-order valence-electron chi connectivity index (χ2n) is 4.66. The normalized spacial score (nSPS) is 24.6. The minimum atomic E-state index is -0.549. The van der Waals surface area contributed by atoms with Crippen LogP contribution in [0.3, 0.4) is 0 Å². The van der Waals surface area contributed by atoms with E-state index in [2.05, 4.69) is 5.32 Å². The first-order chi connectivity index (χ1) is 8.20. The van der Waals surface area contributed by atoms with Crippen LogP contribution in [0.25, 0.3) is 0 Å². The van der Waals surface area contributed by atoms with E-state index in [1.54, 1.807) is 0 Å². The molecular weight excluding hydrogens is 222 g/mol. The van der Waals surface area contributed by atoms with E-state index in [0.29, 0.717) is 18.2 Å². The SMILES string of the molecule is NCC1CCCCC1Nc1ccc(F)cc1F. The van der Waals surface area contributed by atoms with E-state index in [4.69, 9.17) is 5.73 Å². The average Bonchev–Trinajstić information content (AvgIpc) is 2.33. The summed E-state index contributed by atoms with van der Waals surface area (Å²) in [6, 6.07) is 3.83. The summed E-state index contributed by atoms with van der Waals surface area (Å²) in [7, 11) is 0. The number of nitrogens with two attached hydrogens (primary N) is 1. The van der Waals surface area contributed by atoms with Crippen LogP contribution in [0.5, 0.6) is 0 Å². The van der Waals surface area contributed by atoms with Crippen molar-refractivity contribution in [1.82, 2.24) is 0 Å². The fourth-order valence-corrected chi connectivity index (χ4v) is 2.49. The van der Waals surface area contributed by atoms with Gasteiger partial charge in [0.25, 0.3) is 0 Å². The maximum Gasteiger partial charge on any atom is 0.149 e. The summed E-state index contributed by atoms with van der Waals surface area (Å²) in [5.74, 6) is -0.702. The van der Waals surface area contributed by atoms with Gasteiger partial charge in [0, 0.05) is 12.1 Å². The Morgan fingerprint density at radius 2 is 2.00 bits per heavy atom. The molecule has 1 fully saturated rings. The molecule has 0 heterocycles. The van der Waals surface area contributed by atoms with Crippen LogP contribution in [0, 0.1) is 17.6 Å². The van der Waals surface area contributed by atoms with Crippen LogP contribution >= 0.6 is 0 Å². The second kappa shape index (κ2) is 5.45. The Labute approximate surface area is 100 Å². The van der Waals surface area contributed by atoms with Gasteiger partial charge >= 0.3 is 0 Å². The number of hydrogen-bond donors (Lipinski definition) is 2. The molecule has 2 atom stereocenters. The first-order valence-electron chi connectivity index (χ1n) is 6.12. The van der Waals surface area contributed by atoms with E-state index in [1.807, 2.05) is 0 Å². The molecule has 0 spiro atoms. The summed E-state index contributed by atoms with van der Waals surface area (Å²) in [5.41, 5.74) is 6.09. The quantitative estimate of drug-likeness (QED) is 0.852. The minimum absolute atomic E-state index is 0.203. The smallest absolute Gasteiger partial charge is 0.149 e. The van der Waals surface area contributed by atoms with Gasteiger partial charge in [0.15, 0.2) is 0 Å². The fourth-order valence-electron chi connectivity index (χ4n) is 2.49. The topological polar surface area (TPSA) is 38.0 Å². The Kier molecular flexibility index (Phi) is 3.94. The summed E-state index contributed by atoms with van der Waals surface area (Å²) in [6.07, 6.45) is 4.40. The predicted molar refractivity (Wildman–Crippen MR) is 64.8 cm³/mol. The van der Waals surface area contributed by atoms with Crippen LogP contribution in [0.4, 0.5) is 14.5 Å². The Morgan fingerprint density at radius 3 is 2.71 bits per heavy atom. The summed E-state index contributed by atoms with van der Waals surface area (Å²) >= 11 is 0. The summed E-state index contributed by atoms with van der Waals surface area (Å²) in [5, 5.41) is 3.16. The first-order valence-corrected chi connectivity index (χ1v) is 6.12. The summed E-state index contributed by atoms with van der Waals surface area (Å²) in [6.45, 7) is 0.612. The molecular formula is C13H18F2N2. The Morgan fingerprint density at radius 1 is 1.24 bits per heavy atom. The van der Waals surface area contributed by atoms with Gasteiger partial charge in [-0.25, -0.2) is 8.78 Å². The minimum Gasteiger partial charge on any atom is -0.380 e. The summed E-state index contributed by atoms with van der Waals surface area (Å²) in [4.78, 5) is 0. The lowest BCUT2D eigenvalue weighted by atomic mass is 9.84. The van der Waals surface area contributed by atoms with Gasteiger partial charge in [-0.2, -0.15) is 0 Å². The van der Waals surface area contributed by atoms with Crippen molar-refractivity contribution in [2.24, 2.45) is 11.7 Å². The molecule has 2 unspecified atom stereocenters. The third-order valence-corrected chi connectivity index (χ3v) is 3.48. The average molecular weight is 240 g/mol. The van der Waals surface area contributed by atoms with E-state index < -0.39 is 11.6 Å². The van der Waals surface area contributed by atoms with Crippen molar-refractivity contribution >= 4 is 5.69 Å². The van der Waals surface area contributed by atoms with Gasteiger partial charge in [0.2, 0.25) is 0 Å². The maximum absolute atomic E-state index is 13.5. The largest absolute Gasteiger partial charge is 0.380 e. The monoisotopic (exact) mass is 240 g/mol. The van der Waals surface area contributed by atoms with Gasteiger partial charge in [0.1, 0.15) is 11.6 Å². The van der Waals surface area contributed by atoms with E-state index in [0.717, 1.165) is 25.3 Å². The number of halogens is 2. The second-order valence-corrected chi connectivity index (χ2v) is 4.66. The fraction of sp³-hybridized carbons (Fsp3) is 0.538. The van der Waals surface area contributed by atoms with Crippen molar-refractivity contribution in [3.8, 4) is 0 Å². The highest BCUT2D eigenvalue weighted by Crippen LogP contribution is 2.27. The lowest BCUT2D eigenvalue weighted by molar-refractivity contribution is 0.332. The first kappa shape index (κ1) is 12.3. The zero-order valence-corrected chi connectivity index (χ0v) is 9.76. The number of nitrogens with one attached hydrogen (secondary N) is 1. The van der Waals surface area contributed by atoms with E-state index in [9.17, 15) is 8.78 Å². The third kappa shape index (κ3) is 2.94. The van der Waals surface area contributed by atoms with Crippen molar-refractivity contribution in [3.63, 3.8) is 0 Å². The number of anilines is 1. The third-order valence-electron chi connectivity index (χ3n) is 3.48. The molecule has 0 saturated heterocycles. The molecule has 2 nitrogen and oxygen atoms in total. The van der Waals surface area contributed by atoms with Crippen molar-refractivity contribution in [3.05, 3.63) is 29.8 Å². The Bertz CT molecular complexity index is 382.